The quantitative estimate of drug-likeness (QED) is 0.736. The molecule has 0 fully saturated rings. The summed E-state index contributed by atoms with van der Waals surface area (Å²) in [5.74, 6) is 0.457. The van der Waals surface area contributed by atoms with Gasteiger partial charge in [-0.05, 0) is 33.6 Å². The molecule has 0 aliphatic carbocycles. The fraction of sp³-hybridized carbons (Fsp3) is 0.923. The number of ether oxygens (including phenoxy) is 1. The SMILES string of the molecule is CC.CCOC(=O)N(CC(C)C)C(C)(C)C. The molecule has 0 aromatic heterocycles. The van der Waals surface area contributed by atoms with Gasteiger partial charge in [0.1, 0.15) is 0 Å². The first-order chi connectivity index (χ1) is 7.29. The molecule has 1 amide bonds. The zero-order valence-electron chi connectivity index (χ0n) is 12.3. The van der Waals surface area contributed by atoms with E-state index in [1.165, 1.54) is 0 Å². The van der Waals surface area contributed by atoms with E-state index < -0.39 is 0 Å². The summed E-state index contributed by atoms with van der Waals surface area (Å²) in [4.78, 5) is 13.4. The first-order valence-electron chi connectivity index (χ1n) is 6.23. The van der Waals surface area contributed by atoms with Gasteiger partial charge in [0.05, 0.1) is 6.61 Å². The minimum Gasteiger partial charge on any atom is -0.450 e. The summed E-state index contributed by atoms with van der Waals surface area (Å²) in [5.41, 5.74) is -0.170. The van der Waals surface area contributed by atoms with Gasteiger partial charge in [0.25, 0.3) is 0 Å². The van der Waals surface area contributed by atoms with Crippen molar-refractivity contribution < 1.29 is 9.53 Å². The summed E-state index contributed by atoms with van der Waals surface area (Å²) < 4.78 is 5.02. The van der Waals surface area contributed by atoms with E-state index in [0.29, 0.717) is 12.5 Å². The number of rotatable bonds is 3. The number of hydrogen-bond acceptors (Lipinski definition) is 2. The van der Waals surface area contributed by atoms with Crippen LogP contribution in [0.3, 0.4) is 0 Å². The molecule has 0 atom stereocenters. The van der Waals surface area contributed by atoms with Gasteiger partial charge in [0, 0.05) is 12.1 Å². The Hall–Kier alpha value is -0.730. The van der Waals surface area contributed by atoms with Crippen molar-refractivity contribution in [1.82, 2.24) is 4.90 Å². The molecule has 0 aliphatic heterocycles. The first kappa shape index (κ1) is 17.7. The maximum Gasteiger partial charge on any atom is 0.410 e. The van der Waals surface area contributed by atoms with Crippen molar-refractivity contribution in [3.63, 3.8) is 0 Å². The highest BCUT2D eigenvalue weighted by Crippen LogP contribution is 2.16. The Labute approximate surface area is 101 Å². The fourth-order valence-corrected chi connectivity index (χ4v) is 1.19. The van der Waals surface area contributed by atoms with Gasteiger partial charge in [-0.2, -0.15) is 0 Å². The van der Waals surface area contributed by atoms with Crippen molar-refractivity contribution in [1.29, 1.82) is 0 Å². The molecule has 0 spiro atoms. The largest absolute Gasteiger partial charge is 0.450 e. The van der Waals surface area contributed by atoms with Crippen LogP contribution < -0.4 is 0 Å². The standard InChI is InChI=1S/C11H23NO2.C2H6/c1-7-14-10(13)12(8-9(2)3)11(4,5)6;1-2/h9H,7-8H2,1-6H3;1-2H3. The third kappa shape index (κ3) is 7.55. The minimum atomic E-state index is -0.214. The molecule has 0 unspecified atom stereocenters. The van der Waals surface area contributed by atoms with Gasteiger partial charge in [-0.1, -0.05) is 27.7 Å². The normalized spacial score (nSPS) is 10.6. The highest BCUT2D eigenvalue weighted by molar-refractivity contribution is 5.68. The second kappa shape index (κ2) is 8.43. The lowest BCUT2D eigenvalue weighted by Crippen LogP contribution is -2.47. The number of carbonyl (C=O) groups is 1. The highest BCUT2D eigenvalue weighted by atomic mass is 16.6. The molecule has 98 valence electrons. The Bertz CT molecular complexity index is 183. The second-order valence-corrected chi connectivity index (χ2v) is 4.87. The molecule has 0 aromatic rings. The van der Waals surface area contributed by atoms with Gasteiger partial charge in [-0.15, -0.1) is 0 Å². The monoisotopic (exact) mass is 231 g/mol. The van der Waals surface area contributed by atoms with E-state index in [2.05, 4.69) is 13.8 Å². The molecule has 0 aromatic carbocycles. The summed E-state index contributed by atoms with van der Waals surface area (Å²) >= 11 is 0. The number of carbonyl (C=O) groups excluding carboxylic acids is 1. The zero-order chi connectivity index (χ0) is 13.4. The smallest absolute Gasteiger partial charge is 0.410 e. The van der Waals surface area contributed by atoms with Gasteiger partial charge < -0.3 is 9.64 Å². The first-order valence-corrected chi connectivity index (χ1v) is 6.23. The van der Waals surface area contributed by atoms with Crippen LogP contribution in [0.15, 0.2) is 0 Å². The van der Waals surface area contributed by atoms with Crippen molar-refractivity contribution in [3.05, 3.63) is 0 Å². The fourth-order valence-electron chi connectivity index (χ4n) is 1.19. The summed E-state index contributed by atoms with van der Waals surface area (Å²) in [7, 11) is 0. The maximum atomic E-state index is 11.6. The Morgan fingerprint density at radius 2 is 1.69 bits per heavy atom. The molecule has 0 rings (SSSR count). The summed E-state index contributed by atoms with van der Waals surface area (Å²) in [6.45, 7) is 17.3. The molecule has 3 nitrogen and oxygen atoms in total. The number of hydrogen-bond donors (Lipinski definition) is 0. The van der Waals surface area contributed by atoms with Crippen molar-refractivity contribution in [2.75, 3.05) is 13.2 Å². The van der Waals surface area contributed by atoms with E-state index in [1.807, 2.05) is 41.5 Å². The lowest BCUT2D eigenvalue weighted by Gasteiger charge is -2.35. The van der Waals surface area contributed by atoms with Crippen LogP contribution in [0.5, 0.6) is 0 Å². The molecule has 0 heterocycles. The molecule has 0 saturated heterocycles. The van der Waals surface area contributed by atoms with Gasteiger partial charge in [0.2, 0.25) is 0 Å². The molecule has 3 heteroatoms. The van der Waals surface area contributed by atoms with E-state index in [9.17, 15) is 4.79 Å². The van der Waals surface area contributed by atoms with Crippen molar-refractivity contribution >= 4 is 6.09 Å². The predicted octanol–water partition coefficient (Wildman–Crippen LogP) is 3.93. The average molecular weight is 231 g/mol. The van der Waals surface area contributed by atoms with Crippen molar-refractivity contribution in [3.8, 4) is 0 Å². The van der Waals surface area contributed by atoms with Gasteiger partial charge >= 0.3 is 6.09 Å². The summed E-state index contributed by atoms with van der Waals surface area (Å²) in [6, 6.07) is 0. The Kier molecular flexibility index (Phi) is 9.30. The third-order valence-corrected chi connectivity index (χ3v) is 1.85. The van der Waals surface area contributed by atoms with Crippen LogP contribution in [0.25, 0.3) is 0 Å². The molecule has 0 aliphatic rings. The lowest BCUT2D eigenvalue weighted by atomic mass is 10.0. The minimum absolute atomic E-state index is 0.170. The summed E-state index contributed by atoms with van der Waals surface area (Å²) in [5, 5.41) is 0. The van der Waals surface area contributed by atoms with Crippen molar-refractivity contribution in [2.45, 2.75) is 60.9 Å². The molecular weight excluding hydrogens is 202 g/mol. The van der Waals surface area contributed by atoms with Crippen LogP contribution >= 0.6 is 0 Å². The van der Waals surface area contributed by atoms with E-state index in [1.54, 1.807) is 4.90 Å². The van der Waals surface area contributed by atoms with Gasteiger partial charge in [-0.3, -0.25) is 0 Å². The van der Waals surface area contributed by atoms with Crippen molar-refractivity contribution in [2.24, 2.45) is 5.92 Å². The molecule has 16 heavy (non-hydrogen) atoms. The Morgan fingerprint density at radius 1 is 1.25 bits per heavy atom. The third-order valence-electron chi connectivity index (χ3n) is 1.85. The summed E-state index contributed by atoms with van der Waals surface area (Å²) in [6.07, 6.45) is -0.214. The van der Waals surface area contributed by atoms with E-state index >= 15 is 0 Å². The molecule has 0 N–H and O–H groups in total. The lowest BCUT2D eigenvalue weighted by molar-refractivity contribution is 0.0650. The van der Waals surface area contributed by atoms with Crippen LogP contribution in [0.2, 0.25) is 0 Å². The Morgan fingerprint density at radius 3 is 1.94 bits per heavy atom. The van der Waals surface area contributed by atoms with Crippen LogP contribution in [0.4, 0.5) is 4.79 Å². The molecule has 0 radical (unpaired) electrons. The zero-order valence-corrected chi connectivity index (χ0v) is 12.3. The van der Waals surface area contributed by atoms with E-state index in [4.69, 9.17) is 4.74 Å². The highest BCUT2D eigenvalue weighted by Gasteiger charge is 2.27. The topological polar surface area (TPSA) is 29.5 Å². The van der Waals surface area contributed by atoms with Crippen LogP contribution in [0.1, 0.15) is 55.4 Å². The van der Waals surface area contributed by atoms with Gasteiger partial charge in [0.15, 0.2) is 0 Å². The Balaban J connectivity index is 0. The average Bonchev–Trinajstić information content (AvgIpc) is 2.16. The second-order valence-electron chi connectivity index (χ2n) is 4.87. The van der Waals surface area contributed by atoms with Crippen LogP contribution in [0, 0.1) is 5.92 Å². The van der Waals surface area contributed by atoms with Crippen LogP contribution in [-0.4, -0.2) is 29.7 Å². The molecule has 0 bridgehead atoms. The van der Waals surface area contributed by atoms with Crippen LogP contribution in [-0.2, 0) is 4.74 Å². The number of amides is 1. The molecule has 0 saturated carbocycles. The maximum absolute atomic E-state index is 11.6. The van der Waals surface area contributed by atoms with E-state index in [0.717, 1.165) is 6.54 Å². The molecular formula is C13H29NO2. The number of nitrogens with zero attached hydrogens (tertiary/aromatic N) is 1. The predicted molar refractivity (Wildman–Crippen MR) is 69.7 cm³/mol. The van der Waals surface area contributed by atoms with E-state index in [-0.39, 0.29) is 11.6 Å². The van der Waals surface area contributed by atoms with Gasteiger partial charge in [-0.25, -0.2) is 4.79 Å².